The molecule has 0 bridgehead atoms. The Kier molecular flexibility index (Phi) is 6.88. The Bertz CT molecular complexity index is 776. The summed E-state index contributed by atoms with van der Waals surface area (Å²) in [5.74, 6) is 0.561. The summed E-state index contributed by atoms with van der Waals surface area (Å²) < 4.78 is 15.7. The normalized spacial score (nSPS) is 16.6. The highest BCUT2D eigenvalue weighted by atomic mass is 16.5. The van der Waals surface area contributed by atoms with E-state index >= 15 is 0 Å². The third kappa shape index (κ3) is 5.59. The molecule has 0 saturated heterocycles. The highest BCUT2D eigenvalue weighted by Crippen LogP contribution is 2.24. The van der Waals surface area contributed by atoms with Gasteiger partial charge in [-0.15, -0.1) is 0 Å². The summed E-state index contributed by atoms with van der Waals surface area (Å²) in [6.07, 6.45) is 14.2. The Morgan fingerprint density at radius 2 is 2.19 bits per heavy atom. The van der Waals surface area contributed by atoms with Gasteiger partial charge in [0, 0.05) is 13.0 Å². The first-order valence-corrected chi connectivity index (χ1v) is 9.17. The molecule has 0 spiro atoms. The molecule has 0 amide bonds. The maximum Gasteiger partial charge on any atom is 0.305 e. The summed E-state index contributed by atoms with van der Waals surface area (Å²) in [4.78, 5) is 11.4. The zero-order chi connectivity index (χ0) is 18.9. The molecule has 27 heavy (non-hydrogen) atoms. The molecule has 1 heterocycles. The van der Waals surface area contributed by atoms with E-state index in [0.29, 0.717) is 19.4 Å². The molecule has 5 heteroatoms. The molecular formula is C22H25NO4. The fraction of sp³-hybridized carbons (Fsp3) is 0.318. The van der Waals surface area contributed by atoms with Crippen molar-refractivity contribution in [2.45, 2.75) is 38.3 Å². The Balaban J connectivity index is 1.66. The monoisotopic (exact) mass is 367 g/mol. The van der Waals surface area contributed by atoms with Crippen LogP contribution in [0.3, 0.4) is 0 Å². The van der Waals surface area contributed by atoms with E-state index < -0.39 is 0 Å². The van der Waals surface area contributed by atoms with Crippen LogP contribution in [0.2, 0.25) is 0 Å². The summed E-state index contributed by atoms with van der Waals surface area (Å²) in [7, 11) is 1.42. The van der Waals surface area contributed by atoms with Crippen LogP contribution in [0.15, 0.2) is 72.6 Å². The number of ether oxygens (including phenoxy) is 3. The van der Waals surface area contributed by atoms with Gasteiger partial charge in [0.15, 0.2) is 5.76 Å². The first kappa shape index (κ1) is 19.0. The number of aryl methyl sites for hydroxylation is 1. The lowest BCUT2D eigenvalue weighted by Crippen LogP contribution is -2.34. The van der Waals surface area contributed by atoms with E-state index in [-0.39, 0.29) is 12.0 Å². The van der Waals surface area contributed by atoms with Crippen LogP contribution in [0.5, 0.6) is 0 Å². The second kappa shape index (κ2) is 9.78. The standard InChI is InChI=1S/C22H25NO4/c1-25-21(24)11-10-17-6-5-7-18(14-17)15-23-22(19-8-3-2-4-9-19)20-16-26-12-13-27-20/h2-3,5-8,12-14,16,22-23H,4,9-11,15H2,1H3. The number of carbonyl (C=O) groups excluding carboxylic acids is 1. The molecule has 0 aromatic heterocycles. The number of hydrogen-bond acceptors (Lipinski definition) is 5. The van der Waals surface area contributed by atoms with Crippen molar-refractivity contribution in [1.29, 1.82) is 0 Å². The van der Waals surface area contributed by atoms with Crippen LogP contribution in [0.25, 0.3) is 0 Å². The molecule has 1 aromatic rings. The van der Waals surface area contributed by atoms with Gasteiger partial charge < -0.3 is 14.2 Å². The van der Waals surface area contributed by atoms with Gasteiger partial charge in [0.25, 0.3) is 0 Å². The number of nitrogens with one attached hydrogen (secondary N) is 1. The van der Waals surface area contributed by atoms with Crippen LogP contribution in [0, 0.1) is 0 Å². The van der Waals surface area contributed by atoms with E-state index in [0.717, 1.165) is 29.7 Å². The second-order valence-electron chi connectivity index (χ2n) is 6.46. The highest BCUT2D eigenvalue weighted by molar-refractivity contribution is 5.69. The van der Waals surface area contributed by atoms with Gasteiger partial charge in [0.05, 0.1) is 13.2 Å². The first-order chi connectivity index (χ1) is 13.3. The lowest BCUT2D eigenvalue weighted by molar-refractivity contribution is -0.140. The predicted molar refractivity (Wildman–Crippen MR) is 103 cm³/mol. The lowest BCUT2D eigenvalue weighted by atomic mass is 9.96. The van der Waals surface area contributed by atoms with E-state index in [1.807, 2.05) is 12.1 Å². The Morgan fingerprint density at radius 1 is 1.30 bits per heavy atom. The third-order valence-corrected chi connectivity index (χ3v) is 4.57. The van der Waals surface area contributed by atoms with Crippen molar-refractivity contribution in [3.8, 4) is 0 Å². The minimum atomic E-state index is -0.190. The summed E-state index contributed by atoms with van der Waals surface area (Å²) in [5.41, 5.74) is 3.54. The molecule has 1 aliphatic carbocycles. The maximum atomic E-state index is 11.4. The largest absolute Gasteiger partial charge is 0.469 e. The minimum absolute atomic E-state index is 0.0429. The number of methoxy groups -OCH3 is 1. The molecule has 5 nitrogen and oxygen atoms in total. The molecular weight excluding hydrogens is 342 g/mol. The molecule has 1 aromatic carbocycles. The molecule has 1 atom stereocenters. The van der Waals surface area contributed by atoms with E-state index in [9.17, 15) is 4.79 Å². The zero-order valence-electron chi connectivity index (χ0n) is 15.5. The van der Waals surface area contributed by atoms with Crippen molar-refractivity contribution in [2.75, 3.05) is 7.11 Å². The van der Waals surface area contributed by atoms with Crippen molar-refractivity contribution >= 4 is 5.97 Å². The molecule has 142 valence electrons. The van der Waals surface area contributed by atoms with E-state index in [2.05, 4.69) is 35.7 Å². The number of hydrogen-bond donors (Lipinski definition) is 1. The smallest absolute Gasteiger partial charge is 0.305 e. The molecule has 0 radical (unpaired) electrons. The van der Waals surface area contributed by atoms with Crippen LogP contribution in [-0.4, -0.2) is 19.1 Å². The Morgan fingerprint density at radius 3 is 2.93 bits per heavy atom. The molecule has 1 N–H and O–H groups in total. The molecule has 2 aliphatic rings. The van der Waals surface area contributed by atoms with Crippen molar-refractivity contribution < 1.29 is 19.0 Å². The molecule has 0 saturated carbocycles. The SMILES string of the molecule is COC(=O)CCc1cccc(CNC(C2=CC=CCC2)C2=COC=CO2)c1. The lowest BCUT2D eigenvalue weighted by Gasteiger charge is -2.25. The van der Waals surface area contributed by atoms with Crippen LogP contribution in [0.4, 0.5) is 0 Å². The number of carbonyl (C=O) groups is 1. The van der Waals surface area contributed by atoms with E-state index in [1.54, 1.807) is 12.5 Å². The van der Waals surface area contributed by atoms with Crippen LogP contribution in [0.1, 0.15) is 30.4 Å². The number of rotatable bonds is 8. The molecule has 0 fully saturated rings. The fourth-order valence-corrected chi connectivity index (χ4v) is 3.15. The van der Waals surface area contributed by atoms with Gasteiger partial charge in [-0.3, -0.25) is 10.1 Å². The van der Waals surface area contributed by atoms with E-state index in [4.69, 9.17) is 14.2 Å². The van der Waals surface area contributed by atoms with Gasteiger partial charge in [0.1, 0.15) is 18.8 Å². The van der Waals surface area contributed by atoms with Crippen molar-refractivity contribution in [3.05, 3.63) is 83.7 Å². The van der Waals surface area contributed by atoms with Gasteiger partial charge in [-0.1, -0.05) is 42.5 Å². The van der Waals surface area contributed by atoms with Crippen molar-refractivity contribution in [1.82, 2.24) is 5.32 Å². The van der Waals surface area contributed by atoms with Gasteiger partial charge >= 0.3 is 5.97 Å². The first-order valence-electron chi connectivity index (χ1n) is 9.17. The molecule has 1 unspecified atom stereocenters. The number of benzene rings is 1. The van der Waals surface area contributed by atoms with Crippen molar-refractivity contribution in [2.24, 2.45) is 0 Å². The van der Waals surface area contributed by atoms with Gasteiger partial charge in [-0.2, -0.15) is 0 Å². The maximum absolute atomic E-state index is 11.4. The summed E-state index contributed by atoms with van der Waals surface area (Å²) in [5, 5.41) is 3.58. The summed E-state index contributed by atoms with van der Waals surface area (Å²) in [6.45, 7) is 0.683. The predicted octanol–water partition coefficient (Wildman–Crippen LogP) is 3.89. The van der Waals surface area contributed by atoms with Gasteiger partial charge in [0.2, 0.25) is 0 Å². The Labute approximate surface area is 160 Å². The van der Waals surface area contributed by atoms with Crippen LogP contribution < -0.4 is 5.32 Å². The zero-order valence-corrected chi connectivity index (χ0v) is 15.5. The van der Waals surface area contributed by atoms with Gasteiger partial charge in [-0.05, 0) is 36.0 Å². The highest BCUT2D eigenvalue weighted by Gasteiger charge is 2.22. The topological polar surface area (TPSA) is 56.8 Å². The minimum Gasteiger partial charge on any atom is -0.469 e. The average Bonchev–Trinajstić information content (AvgIpc) is 2.74. The Hall–Kier alpha value is -2.79. The van der Waals surface area contributed by atoms with Gasteiger partial charge in [-0.25, -0.2) is 0 Å². The molecule has 1 aliphatic heterocycles. The quantitative estimate of drug-likeness (QED) is 0.707. The summed E-state index contributed by atoms with van der Waals surface area (Å²) in [6, 6.07) is 8.20. The van der Waals surface area contributed by atoms with Crippen LogP contribution >= 0.6 is 0 Å². The number of esters is 1. The van der Waals surface area contributed by atoms with Crippen molar-refractivity contribution in [3.63, 3.8) is 0 Å². The summed E-state index contributed by atoms with van der Waals surface area (Å²) >= 11 is 0. The third-order valence-electron chi connectivity index (χ3n) is 4.57. The fourth-order valence-electron chi connectivity index (χ4n) is 3.15. The van der Waals surface area contributed by atoms with Crippen LogP contribution in [-0.2, 0) is 32.0 Å². The molecule has 3 rings (SSSR count). The number of allylic oxidation sites excluding steroid dienone is 3. The second-order valence-corrected chi connectivity index (χ2v) is 6.46. The van der Waals surface area contributed by atoms with E-state index in [1.165, 1.54) is 18.9 Å². The average molecular weight is 367 g/mol.